The van der Waals surface area contributed by atoms with Gasteiger partial charge in [-0.05, 0) is 12.1 Å². The molecule has 108 valence electrons. The molecule has 0 spiro atoms. The number of sulfonamides is 1. The van der Waals surface area contributed by atoms with Crippen LogP contribution >= 0.6 is 23.2 Å². The van der Waals surface area contributed by atoms with Crippen molar-refractivity contribution in [2.75, 3.05) is 5.73 Å². The second kappa shape index (κ2) is 5.57. The number of benzene rings is 1. The highest BCUT2D eigenvalue weighted by atomic mass is 35.5. The molecule has 2 rings (SSSR count). The molecule has 0 radical (unpaired) electrons. The number of aromatic amines is 1. The Labute approximate surface area is 124 Å². The minimum absolute atomic E-state index is 0.106. The van der Waals surface area contributed by atoms with Crippen LogP contribution in [-0.4, -0.2) is 18.6 Å². The van der Waals surface area contributed by atoms with Crippen molar-refractivity contribution < 1.29 is 12.8 Å². The van der Waals surface area contributed by atoms with E-state index in [0.29, 0.717) is 5.56 Å². The average Bonchev–Trinajstić information content (AvgIpc) is 2.79. The van der Waals surface area contributed by atoms with E-state index in [-0.39, 0.29) is 17.4 Å². The van der Waals surface area contributed by atoms with Crippen LogP contribution in [0.4, 0.5) is 10.2 Å². The molecule has 0 unspecified atom stereocenters. The first-order valence-corrected chi connectivity index (χ1v) is 7.47. The van der Waals surface area contributed by atoms with Crippen molar-refractivity contribution in [2.24, 2.45) is 0 Å². The van der Waals surface area contributed by atoms with Crippen molar-refractivity contribution in [3.8, 4) is 0 Å². The molecule has 0 aliphatic rings. The average molecular weight is 339 g/mol. The van der Waals surface area contributed by atoms with Crippen molar-refractivity contribution in [1.82, 2.24) is 14.9 Å². The van der Waals surface area contributed by atoms with Gasteiger partial charge in [0.25, 0.3) is 0 Å². The summed E-state index contributed by atoms with van der Waals surface area (Å²) in [6, 6.07) is 2.23. The maximum Gasteiger partial charge on any atom is 0.242 e. The van der Waals surface area contributed by atoms with Crippen molar-refractivity contribution in [2.45, 2.75) is 11.4 Å². The predicted molar refractivity (Wildman–Crippen MR) is 73.4 cm³/mol. The minimum atomic E-state index is -4.00. The maximum atomic E-state index is 13.5. The summed E-state index contributed by atoms with van der Waals surface area (Å²) in [5.41, 5.74) is 5.98. The van der Waals surface area contributed by atoms with Gasteiger partial charge in [-0.3, -0.25) is 5.10 Å². The zero-order valence-electron chi connectivity index (χ0n) is 9.82. The molecular weight excluding hydrogens is 330 g/mol. The molecule has 1 aromatic carbocycles. The highest BCUT2D eigenvalue weighted by Gasteiger charge is 2.22. The number of nitrogens with one attached hydrogen (secondary N) is 2. The summed E-state index contributed by atoms with van der Waals surface area (Å²) < 4.78 is 39.8. The van der Waals surface area contributed by atoms with Crippen LogP contribution in [0.3, 0.4) is 0 Å². The molecule has 0 amide bonds. The van der Waals surface area contributed by atoms with E-state index in [1.54, 1.807) is 0 Å². The van der Waals surface area contributed by atoms with Gasteiger partial charge in [0.15, 0.2) is 5.82 Å². The summed E-state index contributed by atoms with van der Waals surface area (Å²) in [5.74, 6) is -0.750. The molecule has 2 aromatic rings. The van der Waals surface area contributed by atoms with E-state index in [0.717, 1.165) is 12.1 Å². The third-order valence-corrected chi connectivity index (χ3v) is 4.71. The number of halogens is 3. The van der Waals surface area contributed by atoms with Crippen LogP contribution in [0.25, 0.3) is 0 Å². The first-order valence-electron chi connectivity index (χ1n) is 5.24. The fraction of sp³-hybridized carbons (Fsp3) is 0.100. The highest BCUT2D eigenvalue weighted by Crippen LogP contribution is 2.29. The van der Waals surface area contributed by atoms with E-state index in [9.17, 15) is 12.8 Å². The Hall–Kier alpha value is -1.35. The number of hydrogen-bond donors (Lipinski definition) is 3. The molecule has 0 aliphatic heterocycles. The van der Waals surface area contributed by atoms with Gasteiger partial charge in [-0.1, -0.05) is 23.2 Å². The second-order valence-corrected chi connectivity index (χ2v) is 6.33. The standard InChI is InChI=1S/C10H9Cl2FN4O2S/c11-6-1-2-7(8(12)9(6)13)20(18,19)16-4-5-3-15-17-10(5)14/h1-3,16H,4H2,(H3,14,15,17). The summed E-state index contributed by atoms with van der Waals surface area (Å²) >= 11 is 11.2. The zero-order chi connectivity index (χ0) is 14.9. The van der Waals surface area contributed by atoms with Crippen LogP contribution < -0.4 is 10.5 Å². The van der Waals surface area contributed by atoms with E-state index in [1.165, 1.54) is 6.20 Å². The van der Waals surface area contributed by atoms with Gasteiger partial charge in [0, 0.05) is 12.1 Å². The Balaban J connectivity index is 2.27. The fourth-order valence-corrected chi connectivity index (χ4v) is 3.18. The van der Waals surface area contributed by atoms with Crippen molar-refractivity contribution in [1.29, 1.82) is 0 Å². The number of nitrogens with two attached hydrogens (primary N) is 1. The van der Waals surface area contributed by atoms with Gasteiger partial charge >= 0.3 is 0 Å². The van der Waals surface area contributed by atoms with E-state index in [1.807, 2.05) is 0 Å². The number of rotatable bonds is 4. The van der Waals surface area contributed by atoms with Gasteiger partial charge in [0.2, 0.25) is 10.0 Å². The molecule has 1 heterocycles. The summed E-state index contributed by atoms with van der Waals surface area (Å²) in [4.78, 5) is -0.400. The molecule has 0 bridgehead atoms. The highest BCUT2D eigenvalue weighted by molar-refractivity contribution is 7.89. The molecule has 0 aliphatic carbocycles. The van der Waals surface area contributed by atoms with Crippen LogP contribution in [0.15, 0.2) is 23.2 Å². The van der Waals surface area contributed by atoms with Crippen LogP contribution in [0.2, 0.25) is 10.0 Å². The Kier molecular flexibility index (Phi) is 4.19. The van der Waals surface area contributed by atoms with Gasteiger partial charge in [0.05, 0.1) is 16.2 Å². The number of hydrogen-bond acceptors (Lipinski definition) is 4. The van der Waals surface area contributed by atoms with Crippen LogP contribution in [0.1, 0.15) is 5.56 Å². The Morgan fingerprint density at radius 1 is 1.40 bits per heavy atom. The SMILES string of the molecule is Nc1[nH]ncc1CNS(=O)(=O)c1ccc(Cl)c(F)c1Cl. The molecule has 4 N–H and O–H groups in total. The largest absolute Gasteiger partial charge is 0.384 e. The van der Waals surface area contributed by atoms with Gasteiger partial charge in [0.1, 0.15) is 10.7 Å². The molecule has 0 saturated heterocycles. The third-order valence-electron chi connectivity index (χ3n) is 2.49. The summed E-state index contributed by atoms with van der Waals surface area (Å²) in [6.07, 6.45) is 1.38. The monoisotopic (exact) mass is 338 g/mol. The maximum absolute atomic E-state index is 13.5. The van der Waals surface area contributed by atoms with Crippen molar-refractivity contribution >= 4 is 39.0 Å². The molecule has 6 nitrogen and oxygen atoms in total. The van der Waals surface area contributed by atoms with Crippen molar-refractivity contribution in [3.05, 3.63) is 39.8 Å². The lowest BCUT2D eigenvalue weighted by atomic mass is 10.3. The quantitative estimate of drug-likeness (QED) is 0.741. The van der Waals surface area contributed by atoms with Crippen LogP contribution in [0.5, 0.6) is 0 Å². The summed E-state index contributed by atoms with van der Waals surface area (Å²) in [6.45, 7) is -0.106. The van der Waals surface area contributed by atoms with Gasteiger partial charge < -0.3 is 5.73 Å². The number of nitrogen functional groups attached to an aromatic ring is 1. The Bertz CT molecular complexity index is 748. The zero-order valence-corrected chi connectivity index (χ0v) is 12.2. The van der Waals surface area contributed by atoms with Gasteiger partial charge in [-0.25, -0.2) is 17.5 Å². The van der Waals surface area contributed by atoms with E-state index in [4.69, 9.17) is 28.9 Å². The lowest BCUT2D eigenvalue weighted by Crippen LogP contribution is -2.24. The topological polar surface area (TPSA) is 101 Å². The van der Waals surface area contributed by atoms with Crippen LogP contribution in [-0.2, 0) is 16.6 Å². The molecule has 0 atom stereocenters. The first kappa shape index (κ1) is 15.0. The van der Waals surface area contributed by atoms with E-state index in [2.05, 4.69) is 14.9 Å². The normalized spacial score (nSPS) is 11.8. The van der Waals surface area contributed by atoms with E-state index >= 15 is 0 Å². The minimum Gasteiger partial charge on any atom is -0.384 e. The number of H-pyrrole nitrogens is 1. The molecular formula is C10H9Cl2FN4O2S. The third kappa shape index (κ3) is 2.88. The number of nitrogens with zero attached hydrogens (tertiary/aromatic N) is 1. The summed E-state index contributed by atoms with van der Waals surface area (Å²) in [7, 11) is -4.00. The van der Waals surface area contributed by atoms with Crippen LogP contribution in [0, 0.1) is 5.82 Å². The molecule has 1 aromatic heterocycles. The predicted octanol–water partition coefficient (Wildman–Crippen LogP) is 1.92. The molecule has 0 saturated carbocycles. The lowest BCUT2D eigenvalue weighted by molar-refractivity contribution is 0.577. The van der Waals surface area contributed by atoms with Gasteiger partial charge in [-0.15, -0.1) is 0 Å². The Morgan fingerprint density at radius 3 is 2.70 bits per heavy atom. The molecule has 0 fully saturated rings. The molecule has 20 heavy (non-hydrogen) atoms. The molecule has 10 heteroatoms. The van der Waals surface area contributed by atoms with E-state index < -0.39 is 25.8 Å². The number of aromatic nitrogens is 2. The van der Waals surface area contributed by atoms with Crippen molar-refractivity contribution in [3.63, 3.8) is 0 Å². The fourth-order valence-electron chi connectivity index (χ4n) is 1.43. The number of anilines is 1. The summed E-state index contributed by atoms with van der Waals surface area (Å²) in [5, 5.41) is 5.29. The Morgan fingerprint density at radius 2 is 2.10 bits per heavy atom. The first-order chi connectivity index (χ1) is 9.33. The smallest absolute Gasteiger partial charge is 0.242 e. The second-order valence-electron chi connectivity index (χ2n) is 3.81. The lowest BCUT2D eigenvalue weighted by Gasteiger charge is -2.09. The van der Waals surface area contributed by atoms with Gasteiger partial charge in [-0.2, -0.15) is 5.10 Å².